The molecule has 0 saturated heterocycles. The van der Waals surface area contributed by atoms with Gasteiger partial charge < -0.3 is 5.32 Å². The molecule has 2 nitrogen and oxygen atoms in total. The molecule has 0 atom stereocenters. The van der Waals surface area contributed by atoms with Gasteiger partial charge in [0, 0.05) is 11.6 Å². The topological polar surface area (TPSA) is 24.9 Å². The van der Waals surface area contributed by atoms with Crippen LogP contribution in [0.25, 0.3) is 0 Å². The summed E-state index contributed by atoms with van der Waals surface area (Å²) in [6.07, 6.45) is 1.73. The minimum atomic E-state index is 0.541. The Morgan fingerprint density at radius 3 is 2.56 bits per heavy atom. The first-order valence-electron chi connectivity index (χ1n) is 5.67. The lowest BCUT2D eigenvalue weighted by atomic mass is 10.1. The first kappa shape index (κ1) is 13.2. The molecule has 0 radical (unpaired) electrons. The third-order valence-corrected chi connectivity index (χ3v) is 3.55. The smallest absolute Gasteiger partial charge is 0.132 e. The summed E-state index contributed by atoms with van der Waals surface area (Å²) in [7, 11) is 0. The molecule has 0 fully saturated rings. The SMILES string of the molecule is Cc1ccc(CNc2cnc(Cl)c(C)c2)cc1Cl. The Morgan fingerprint density at radius 2 is 1.89 bits per heavy atom. The van der Waals surface area contributed by atoms with Crippen LogP contribution in [0, 0.1) is 13.8 Å². The lowest BCUT2D eigenvalue weighted by Gasteiger charge is -2.08. The van der Waals surface area contributed by atoms with E-state index < -0.39 is 0 Å². The molecule has 4 heteroatoms. The highest BCUT2D eigenvalue weighted by Crippen LogP contribution is 2.19. The van der Waals surface area contributed by atoms with Gasteiger partial charge in [0.25, 0.3) is 0 Å². The zero-order valence-corrected chi connectivity index (χ0v) is 11.8. The highest BCUT2D eigenvalue weighted by molar-refractivity contribution is 6.31. The number of aryl methyl sites for hydroxylation is 2. The average molecular weight is 281 g/mol. The quantitative estimate of drug-likeness (QED) is 0.830. The van der Waals surface area contributed by atoms with Gasteiger partial charge in [0.15, 0.2) is 0 Å². The van der Waals surface area contributed by atoms with E-state index in [-0.39, 0.29) is 0 Å². The molecule has 0 amide bonds. The first-order chi connectivity index (χ1) is 8.56. The molecular formula is C14H14Cl2N2. The first-order valence-corrected chi connectivity index (χ1v) is 6.43. The number of rotatable bonds is 3. The van der Waals surface area contributed by atoms with Gasteiger partial charge in [0.05, 0.1) is 11.9 Å². The van der Waals surface area contributed by atoms with Gasteiger partial charge in [-0.2, -0.15) is 0 Å². The lowest BCUT2D eigenvalue weighted by molar-refractivity contribution is 1.13. The fourth-order valence-electron chi connectivity index (χ4n) is 1.61. The number of hydrogen-bond donors (Lipinski definition) is 1. The zero-order valence-electron chi connectivity index (χ0n) is 10.3. The molecule has 0 spiro atoms. The van der Waals surface area contributed by atoms with Crippen LogP contribution in [0.5, 0.6) is 0 Å². The maximum atomic E-state index is 6.08. The van der Waals surface area contributed by atoms with E-state index in [1.165, 1.54) is 0 Å². The van der Waals surface area contributed by atoms with Crippen molar-refractivity contribution in [2.45, 2.75) is 20.4 Å². The van der Waals surface area contributed by atoms with E-state index >= 15 is 0 Å². The number of hydrogen-bond acceptors (Lipinski definition) is 2. The number of nitrogens with one attached hydrogen (secondary N) is 1. The molecule has 94 valence electrons. The van der Waals surface area contributed by atoms with Crippen LogP contribution in [0.2, 0.25) is 10.2 Å². The van der Waals surface area contributed by atoms with E-state index in [0.29, 0.717) is 11.7 Å². The van der Waals surface area contributed by atoms with E-state index in [2.05, 4.69) is 16.4 Å². The summed E-state index contributed by atoms with van der Waals surface area (Å²) in [5.41, 5.74) is 4.14. The summed E-state index contributed by atoms with van der Waals surface area (Å²) < 4.78 is 0. The van der Waals surface area contributed by atoms with Crippen molar-refractivity contribution < 1.29 is 0 Å². The molecular weight excluding hydrogens is 267 g/mol. The Hall–Kier alpha value is -1.25. The molecule has 0 aliphatic rings. The van der Waals surface area contributed by atoms with Crippen LogP contribution in [0.1, 0.15) is 16.7 Å². The molecule has 1 heterocycles. The van der Waals surface area contributed by atoms with Crippen LogP contribution in [-0.4, -0.2) is 4.98 Å². The maximum Gasteiger partial charge on any atom is 0.132 e. The highest BCUT2D eigenvalue weighted by Gasteiger charge is 2.01. The molecule has 1 aromatic heterocycles. The van der Waals surface area contributed by atoms with Crippen LogP contribution in [0.4, 0.5) is 5.69 Å². The van der Waals surface area contributed by atoms with Crippen molar-refractivity contribution in [3.63, 3.8) is 0 Å². The molecule has 1 aromatic carbocycles. The summed E-state index contributed by atoms with van der Waals surface area (Å²) in [4.78, 5) is 4.10. The van der Waals surface area contributed by atoms with Gasteiger partial charge >= 0.3 is 0 Å². The summed E-state index contributed by atoms with van der Waals surface area (Å²) >= 11 is 12.0. The van der Waals surface area contributed by atoms with E-state index in [1.54, 1.807) is 6.20 Å². The predicted molar refractivity (Wildman–Crippen MR) is 77.5 cm³/mol. The van der Waals surface area contributed by atoms with Crippen molar-refractivity contribution in [2.75, 3.05) is 5.32 Å². The van der Waals surface area contributed by atoms with Crippen molar-refractivity contribution in [1.29, 1.82) is 0 Å². The standard InChI is InChI=1S/C14H14Cl2N2/c1-9-3-4-11(6-13(9)15)7-17-12-5-10(2)14(16)18-8-12/h3-6,8,17H,7H2,1-2H3. The minimum absolute atomic E-state index is 0.541. The largest absolute Gasteiger partial charge is 0.380 e. The van der Waals surface area contributed by atoms with Crippen LogP contribution in [-0.2, 0) is 6.54 Å². The number of anilines is 1. The summed E-state index contributed by atoms with van der Waals surface area (Å²) in [5, 5.41) is 4.63. The molecule has 2 rings (SSSR count). The number of aromatic nitrogens is 1. The second kappa shape index (κ2) is 5.59. The van der Waals surface area contributed by atoms with Crippen molar-refractivity contribution >= 4 is 28.9 Å². The predicted octanol–water partition coefficient (Wildman–Crippen LogP) is 4.62. The lowest BCUT2D eigenvalue weighted by Crippen LogP contribution is -2.00. The van der Waals surface area contributed by atoms with E-state index in [4.69, 9.17) is 23.2 Å². The summed E-state index contributed by atoms with van der Waals surface area (Å²) in [6.45, 7) is 4.64. The molecule has 0 saturated carbocycles. The van der Waals surface area contributed by atoms with Crippen LogP contribution in [0.15, 0.2) is 30.5 Å². The Balaban J connectivity index is 2.06. The normalized spacial score (nSPS) is 10.4. The molecule has 0 unspecified atom stereocenters. The molecule has 2 aromatic rings. The average Bonchev–Trinajstić information content (AvgIpc) is 2.35. The third-order valence-electron chi connectivity index (χ3n) is 2.75. The van der Waals surface area contributed by atoms with E-state index in [0.717, 1.165) is 27.4 Å². The monoisotopic (exact) mass is 280 g/mol. The fraction of sp³-hybridized carbons (Fsp3) is 0.214. The van der Waals surface area contributed by atoms with Gasteiger partial charge in [-0.15, -0.1) is 0 Å². The Morgan fingerprint density at radius 1 is 1.11 bits per heavy atom. The molecule has 0 bridgehead atoms. The van der Waals surface area contributed by atoms with Crippen LogP contribution < -0.4 is 5.32 Å². The molecule has 0 aliphatic carbocycles. The van der Waals surface area contributed by atoms with Crippen LogP contribution >= 0.6 is 23.2 Å². The van der Waals surface area contributed by atoms with Gasteiger partial charge in [-0.25, -0.2) is 4.98 Å². The Bertz CT molecular complexity index is 516. The second-order valence-electron chi connectivity index (χ2n) is 4.27. The molecule has 18 heavy (non-hydrogen) atoms. The van der Waals surface area contributed by atoms with Gasteiger partial charge in [-0.1, -0.05) is 35.3 Å². The number of pyridine rings is 1. The second-order valence-corrected chi connectivity index (χ2v) is 5.03. The van der Waals surface area contributed by atoms with E-state index in [1.807, 2.05) is 32.0 Å². The van der Waals surface area contributed by atoms with Crippen molar-refractivity contribution in [3.8, 4) is 0 Å². The van der Waals surface area contributed by atoms with Gasteiger partial charge in [0.1, 0.15) is 5.15 Å². The van der Waals surface area contributed by atoms with Gasteiger partial charge in [0.2, 0.25) is 0 Å². The third kappa shape index (κ3) is 3.15. The molecule has 0 aliphatic heterocycles. The number of halogens is 2. The van der Waals surface area contributed by atoms with Crippen LogP contribution in [0.3, 0.4) is 0 Å². The molecule has 1 N–H and O–H groups in total. The van der Waals surface area contributed by atoms with Crippen molar-refractivity contribution in [2.24, 2.45) is 0 Å². The summed E-state index contributed by atoms with van der Waals surface area (Å²) in [5.74, 6) is 0. The highest BCUT2D eigenvalue weighted by atomic mass is 35.5. The Kier molecular flexibility index (Phi) is 4.10. The van der Waals surface area contributed by atoms with Gasteiger partial charge in [-0.3, -0.25) is 0 Å². The van der Waals surface area contributed by atoms with Crippen molar-refractivity contribution in [1.82, 2.24) is 4.98 Å². The summed E-state index contributed by atoms with van der Waals surface area (Å²) in [6, 6.07) is 8.03. The maximum absolute atomic E-state index is 6.08. The van der Waals surface area contributed by atoms with E-state index in [9.17, 15) is 0 Å². The van der Waals surface area contributed by atoms with Gasteiger partial charge in [-0.05, 0) is 42.7 Å². The number of nitrogens with zero attached hydrogens (tertiary/aromatic N) is 1. The van der Waals surface area contributed by atoms with Crippen molar-refractivity contribution in [3.05, 3.63) is 57.3 Å². The minimum Gasteiger partial charge on any atom is -0.380 e. The zero-order chi connectivity index (χ0) is 13.1. The fourth-order valence-corrected chi connectivity index (χ4v) is 1.91. The Labute approximate surface area is 117 Å². The number of benzene rings is 1.